The summed E-state index contributed by atoms with van der Waals surface area (Å²) in [5.74, 6) is 1.65. The Balaban J connectivity index is 1.52. The Morgan fingerprint density at radius 2 is 2.15 bits per heavy atom. The van der Waals surface area contributed by atoms with E-state index in [2.05, 4.69) is 10.00 Å². The van der Waals surface area contributed by atoms with E-state index in [-0.39, 0.29) is 5.75 Å². The Kier molecular flexibility index (Phi) is 4.61. The number of likely N-dealkylation sites (tertiary alicyclic amines) is 1. The van der Waals surface area contributed by atoms with Crippen LogP contribution < -0.4 is 10.5 Å². The third-order valence-electron chi connectivity index (χ3n) is 5.17. The number of anilines is 1. The molecular formula is C20H25N5O2. The Morgan fingerprint density at radius 3 is 2.93 bits per heavy atom. The molecule has 4 rings (SSSR count). The normalized spacial score (nSPS) is 18.1. The molecule has 2 aromatic heterocycles. The van der Waals surface area contributed by atoms with Crippen LogP contribution in [0.2, 0.25) is 0 Å². The minimum absolute atomic E-state index is 0.180. The molecule has 1 aliphatic rings. The number of piperidine rings is 1. The topological polar surface area (TPSA) is 88.9 Å². The van der Waals surface area contributed by atoms with Gasteiger partial charge in [-0.15, -0.1) is 0 Å². The average molecular weight is 367 g/mol. The predicted octanol–water partition coefficient (Wildman–Crippen LogP) is 2.71. The van der Waals surface area contributed by atoms with Gasteiger partial charge in [-0.1, -0.05) is 6.07 Å². The van der Waals surface area contributed by atoms with Gasteiger partial charge in [0.05, 0.1) is 18.5 Å². The monoisotopic (exact) mass is 367 g/mol. The lowest BCUT2D eigenvalue weighted by atomic mass is 9.94. The summed E-state index contributed by atoms with van der Waals surface area (Å²) in [6.45, 7) is 4.69. The van der Waals surface area contributed by atoms with E-state index in [1.807, 2.05) is 31.2 Å². The molecule has 1 aromatic carbocycles. The molecule has 27 heavy (non-hydrogen) atoms. The Hall–Kier alpha value is -2.80. The maximum Gasteiger partial charge on any atom is 0.160 e. The van der Waals surface area contributed by atoms with Crippen LogP contribution in [0.15, 0.2) is 30.3 Å². The summed E-state index contributed by atoms with van der Waals surface area (Å²) in [6.07, 6.45) is 2.21. The summed E-state index contributed by atoms with van der Waals surface area (Å²) in [6, 6.07) is 9.50. The van der Waals surface area contributed by atoms with Gasteiger partial charge in [0.15, 0.2) is 17.1 Å². The predicted molar refractivity (Wildman–Crippen MR) is 104 cm³/mol. The first kappa shape index (κ1) is 17.6. The number of ether oxygens (including phenoxy) is 1. The highest BCUT2D eigenvalue weighted by molar-refractivity contribution is 5.48. The number of benzene rings is 1. The number of methoxy groups -OCH3 is 1. The van der Waals surface area contributed by atoms with Gasteiger partial charge in [0.2, 0.25) is 0 Å². The van der Waals surface area contributed by atoms with Crippen molar-refractivity contribution < 1.29 is 9.84 Å². The fraction of sp³-hybridized carbons (Fsp3) is 0.400. The number of aromatic nitrogens is 3. The zero-order chi connectivity index (χ0) is 19.0. The van der Waals surface area contributed by atoms with Crippen molar-refractivity contribution in [2.45, 2.75) is 32.2 Å². The first-order valence-electron chi connectivity index (χ1n) is 9.24. The van der Waals surface area contributed by atoms with Gasteiger partial charge in [-0.2, -0.15) is 9.61 Å². The quantitative estimate of drug-likeness (QED) is 0.737. The van der Waals surface area contributed by atoms with E-state index in [1.54, 1.807) is 17.7 Å². The van der Waals surface area contributed by atoms with Crippen LogP contribution in [0.4, 0.5) is 5.82 Å². The maximum absolute atomic E-state index is 10.0. The van der Waals surface area contributed by atoms with Crippen molar-refractivity contribution in [1.82, 2.24) is 19.5 Å². The summed E-state index contributed by atoms with van der Waals surface area (Å²) in [5.41, 5.74) is 10.0. The van der Waals surface area contributed by atoms with Crippen molar-refractivity contribution >= 4 is 11.5 Å². The molecule has 0 saturated carbocycles. The van der Waals surface area contributed by atoms with Crippen molar-refractivity contribution in [3.8, 4) is 11.5 Å². The first-order chi connectivity index (χ1) is 13.0. The molecule has 1 saturated heterocycles. The number of fused-ring (bicyclic) bond motifs is 1. The number of nitrogens with zero attached hydrogens (tertiary/aromatic N) is 4. The van der Waals surface area contributed by atoms with Crippen LogP contribution in [0.3, 0.4) is 0 Å². The third kappa shape index (κ3) is 3.55. The van der Waals surface area contributed by atoms with E-state index < -0.39 is 0 Å². The Morgan fingerprint density at radius 1 is 1.30 bits per heavy atom. The van der Waals surface area contributed by atoms with Crippen molar-refractivity contribution in [3.05, 3.63) is 47.3 Å². The number of nitrogens with two attached hydrogens (primary N) is 1. The molecule has 7 heteroatoms. The SMILES string of the molecule is COc1ccc(CN2CCCC(c3cc(N)n4nc(C)cc4n3)C2)cc1O. The van der Waals surface area contributed by atoms with Crippen LogP contribution in [-0.2, 0) is 6.54 Å². The standard InChI is InChI=1S/C20H25N5O2/c1-13-8-20-22-16(10-19(21)25(20)23-13)15-4-3-7-24(12-15)11-14-5-6-18(27-2)17(26)9-14/h5-6,8-10,15,26H,3-4,7,11-12,21H2,1-2H3. The number of aryl methyl sites for hydroxylation is 1. The Labute approximate surface area is 158 Å². The van der Waals surface area contributed by atoms with E-state index in [4.69, 9.17) is 15.5 Å². The molecule has 0 amide bonds. The number of aromatic hydroxyl groups is 1. The summed E-state index contributed by atoms with van der Waals surface area (Å²) in [5, 5.41) is 14.4. The molecule has 0 aliphatic carbocycles. The average Bonchev–Trinajstić information content (AvgIpc) is 3.03. The smallest absolute Gasteiger partial charge is 0.160 e. The number of hydrogen-bond donors (Lipinski definition) is 2. The number of phenolic OH excluding ortho intramolecular Hbond substituents is 1. The van der Waals surface area contributed by atoms with E-state index in [0.717, 1.165) is 55.1 Å². The molecule has 0 bridgehead atoms. The molecule has 1 atom stereocenters. The van der Waals surface area contributed by atoms with Gasteiger partial charge in [-0.25, -0.2) is 4.98 Å². The highest BCUT2D eigenvalue weighted by atomic mass is 16.5. The lowest BCUT2D eigenvalue weighted by Crippen LogP contribution is -2.34. The molecule has 1 fully saturated rings. The van der Waals surface area contributed by atoms with Crippen LogP contribution in [0.25, 0.3) is 5.65 Å². The lowest BCUT2D eigenvalue weighted by molar-refractivity contribution is 0.198. The number of hydrogen-bond acceptors (Lipinski definition) is 6. The fourth-order valence-electron chi connectivity index (χ4n) is 3.87. The van der Waals surface area contributed by atoms with Gasteiger partial charge in [-0.05, 0) is 44.0 Å². The zero-order valence-corrected chi connectivity index (χ0v) is 15.7. The van der Waals surface area contributed by atoms with Crippen LogP contribution in [0, 0.1) is 6.92 Å². The van der Waals surface area contributed by atoms with Gasteiger partial charge in [0, 0.05) is 31.1 Å². The Bertz CT molecular complexity index is 968. The molecule has 0 radical (unpaired) electrons. The first-order valence-corrected chi connectivity index (χ1v) is 9.24. The highest BCUT2D eigenvalue weighted by Crippen LogP contribution is 2.30. The van der Waals surface area contributed by atoms with Gasteiger partial charge in [0.25, 0.3) is 0 Å². The molecule has 7 nitrogen and oxygen atoms in total. The van der Waals surface area contributed by atoms with Crippen molar-refractivity contribution in [2.75, 3.05) is 25.9 Å². The highest BCUT2D eigenvalue weighted by Gasteiger charge is 2.24. The second-order valence-electron chi connectivity index (χ2n) is 7.24. The van der Waals surface area contributed by atoms with Crippen molar-refractivity contribution in [3.63, 3.8) is 0 Å². The third-order valence-corrected chi connectivity index (χ3v) is 5.17. The molecule has 0 spiro atoms. The summed E-state index contributed by atoms with van der Waals surface area (Å²) in [4.78, 5) is 7.20. The van der Waals surface area contributed by atoms with Gasteiger partial charge < -0.3 is 15.6 Å². The molecule has 142 valence electrons. The number of phenols is 1. The van der Waals surface area contributed by atoms with Crippen LogP contribution >= 0.6 is 0 Å². The van der Waals surface area contributed by atoms with Gasteiger partial charge >= 0.3 is 0 Å². The molecule has 1 aliphatic heterocycles. The summed E-state index contributed by atoms with van der Waals surface area (Å²) < 4.78 is 6.82. The van der Waals surface area contributed by atoms with E-state index in [0.29, 0.717) is 17.5 Å². The van der Waals surface area contributed by atoms with E-state index >= 15 is 0 Å². The minimum atomic E-state index is 0.180. The maximum atomic E-state index is 10.0. The van der Waals surface area contributed by atoms with Crippen LogP contribution in [0.5, 0.6) is 11.5 Å². The minimum Gasteiger partial charge on any atom is -0.504 e. The van der Waals surface area contributed by atoms with E-state index in [9.17, 15) is 5.11 Å². The molecule has 3 N–H and O–H groups in total. The zero-order valence-electron chi connectivity index (χ0n) is 15.7. The van der Waals surface area contributed by atoms with Gasteiger partial charge in [-0.3, -0.25) is 4.90 Å². The largest absolute Gasteiger partial charge is 0.504 e. The van der Waals surface area contributed by atoms with Crippen LogP contribution in [-0.4, -0.2) is 44.8 Å². The molecular weight excluding hydrogens is 342 g/mol. The van der Waals surface area contributed by atoms with Crippen molar-refractivity contribution in [2.24, 2.45) is 0 Å². The summed E-state index contributed by atoms with van der Waals surface area (Å²) >= 11 is 0. The summed E-state index contributed by atoms with van der Waals surface area (Å²) in [7, 11) is 1.56. The second kappa shape index (κ2) is 7.08. The van der Waals surface area contributed by atoms with Crippen LogP contribution in [0.1, 0.15) is 35.7 Å². The van der Waals surface area contributed by atoms with Crippen molar-refractivity contribution in [1.29, 1.82) is 0 Å². The number of rotatable bonds is 4. The number of nitrogen functional groups attached to an aromatic ring is 1. The second-order valence-corrected chi connectivity index (χ2v) is 7.24. The molecule has 3 aromatic rings. The molecule has 1 unspecified atom stereocenters. The fourth-order valence-corrected chi connectivity index (χ4v) is 3.87. The molecule has 3 heterocycles. The lowest BCUT2D eigenvalue weighted by Gasteiger charge is -2.32. The van der Waals surface area contributed by atoms with Gasteiger partial charge in [0.1, 0.15) is 5.82 Å². The van der Waals surface area contributed by atoms with E-state index in [1.165, 1.54) is 0 Å².